The highest BCUT2D eigenvalue weighted by Gasteiger charge is 2.41. The van der Waals surface area contributed by atoms with Crippen molar-refractivity contribution in [3.8, 4) is 11.5 Å². The summed E-state index contributed by atoms with van der Waals surface area (Å²) in [7, 11) is 1.72. The molecule has 0 aliphatic carbocycles. The Hall–Kier alpha value is -3.68. The third-order valence-electron chi connectivity index (χ3n) is 5.90. The predicted octanol–water partition coefficient (Wildman–Crippen LogP) is 5.50. The number of ether oxygens (including phenoxy) is 2. The fraction of sp³-hybridized carbons (Fsp3) is 0.185. The molecule has 172 valence electrons. The van der Waals surface area contributed by atoms with Crippen LogP contribution in [0, 0.1) is 0 Å². The molecule has 7 heteroatoms. The van der Waals surface area contributed by atoms with E-state index in [4.69, 9.17) is 21.7 Å². The second kappa shape index (κ2) is 10.1. The molecule has 1 fully saturated rings. The second-order valence-corrected chi connectivity index (χ2v) is 8.41. The van der Waals surface area contributed by atoms with Crippen molar-refractivity contribution in [2.24, 2.45) is 0 Å². The molecule has 1 saturated heterocycles. The highest BCUT2D eigenvalue weighted by Crippen LogP contribution is 2.42. The smallest absolute Gasteiger partial charge is 0.174 e. The van der Waals surface area contributed by atoms with Crippen LogP contribution in [-0.4, -0.2) is 28.4 Å². The molecule has 0 saturated carbocycles. The van der Waals surface area contributed by atoms with Gasteiger partial charge in [-0.1, -0.05) is 24.3 Å². The number of nitrogens with zero attached hydrogens (tertiary/aromatic N) is 3. The number of benzene rings is 2. The maximum Gasteiger partial charge on any atom is 0.174 e. The second-order valence-electron chi connectivity index (χ2n) is 8.02. The summed E-state index contributed by atoms with van der Waals surface area (Å²) in [5, 5.41) is 4.18. The van der Waals surface area contributed by atoms with Crippen LogP contribution >= 0.6 is 12.2 Å². The van der Waals surface area contributed by atoms with Gasteiger partial charge in [0.15, 0.2) is 5.11 Å². The molecule has 2 aromatic carbocycles. The van der Waals surface area contributed by atoms with Crippen LogP contribution in [0.15, 0.2) is 97.3 Å². The van der Waals surface area contributed by atoms with Gasteiger partial charge in [0.25, 0.3) is 0 Å². The lowest BCUT2D eigenvalue weighted by atomic mass is 10.0. The van der Waals surface area contributed by atoms with E-state index in [1.807, 2.05) is 79.0 Å². The fourth-order valence-electron chi connectivity index (χ4n) is 4.32. The molecular formula is C27H26N4O2S. The van der Waals surface area contributed by atoms with Crippen molar-refractivity contribution < 1.29 is 9.47 Å². The number of nitrogens with one attached hydrogen (secondary N) is 1. The van der Waals surface area contributed by atoms with E-state index in [2.05, 4.69) is 38.1 Å². The first-order valence-corrected chi connectivity index (χ1v) is 11.6. The van der Waals surface area contributed by atoms with E-state index in [0.717, 1.165) is 35.1 Å². The number of thiocarbonyl (C=S) groups is 1. The third kappa shape index (κ3) is 4.53. The quantitative estimate of drug-likeness (QED) is 0.343. The maximum absolute atomic E-state index is 5.98. The van der Waals surface area contributed by atoms with Gasteiger partial charge >= 0.3 is 0 Å². The summed E-state index contributed by atoms with van der Waals surface area (Å²) >= 11 is 5.84. The normalized spacial score (nSPS) is 17.6. The fourth-order valence-corrected chi connectivity index (χ4v) is 4.67. The standard InChI is InChI=1S/C27H26N4O2S/c1-32-19-18-30-17-7-11-24(30)26-25(23-10-5-6-16-28-23)29-27(34)31(26)20-12-14-22(15-13-20)33-21-8-3-2-4-9-21/h2-17,25-26H,18-19H2,1H3,(H,29,34)/t25-,26+/m0/s1. The number of hydrogen-bond acceptors (Lipinski definition) is 4. The summed E-state index contributed by atoms with van der Waals surface area (Å²) in [6, 6.07) is 27.8. The van der Waals surface area contributed by atoms with Crippen LogP contribution in [0.2, 0.25) is 0 Å². The van der Waals surface area contributed by atoms with E-state index in [1.165, 1.54) is 0 Å². The summed E-state index contributed by atoms with van der Waals surface area (Å²) in [4.78, 5) is 6.80. The van der Waals surface area contributed by atoms with E-state index in [0.29, 0.717) is 11.7 Å². The first-order valence-electron chi connectivity index (χ1n) is 11.2. The molecule has 6 nitrogen and oxygen atoms in total. The monoisotopic (exact) mass is 470 g/mol. The molecule has 1 N–H and O–H groups in total. The molecule has 0 bridgehead atoms. The van der Waals surface area contributed by atoms with Gasteiger partial charge < -0.3 is 24.3 Å². The van der Waals surface area contributed by atoms with Crippen molar-refractivity contribution in [3.63, 3.8) is 0 Å². The van der Waals surface area contributed by atoms with E-state index < -0.39 is 0 Å². The van der Waals surface area contributed by atoms with Crippen LogP contribution < -0.4 is 15.0 Å². The molecule has 0 amide bonds. The molecule has 3 heterocycles. The van der Waals surface area contributed by atoms with Gasteiger partial charge in [-0.25, -0.2) is 0 Å². The summed E-state index contributed by atoms with van der Waals surface area (Å²) in [6.07, 6.45) is 3.90. The Bertz CT molecular complexity index is 1230. The number of pyridine rings is 1. The van der Waals surface area contributed by atoms with Gasteiger partial charge in [0, 0.05) is 37.4 Å². The molecule has 34 heavy (non-hydrogen) atoms. The minimum absolute atomic E-state index is 0.0739. The van der Waals surface area contributed by atoms with Crippen molar-refractivity contribution in [2.45, 2.75) is 18.6 Å². The van der Waals surface area contributed by atoms with Gasteiger partial charge in [-0.3, -0.25) is 4.98 Å². The average molecular weight is 471 g/mol. The van der Waals surface area contributed by atoms with Crippen LogP contribution in [0.25, 0.3) is 0 Å². The lowest BCUT2D eigenvalue weighted by Crippen LogP contribution is -2.30. The van der Waals surface area contributed by atoms with Gasteiger partial charge in [0.2, 0.25) is 0 Å². The van der Waals surface area contributed by atoms with Gasteiger partial charge in [0.05, 0.1) is 18.3 Å². The maximum atomic E-state index is 5.98. The molecule has 0 unspecified atom stereocenters. The number of anilines is 1. The van der Waals surface area contributed by atoms with E-state index in [-0.39, 0.29) is 12.1 Å². The SMILES string of the molecule is COCCn1cccc1[C@@H]1[C@H](c2ccccn2)NC(=S)N1c1ccc(Oc2ccccc2)cc1. The van der Waals surface area contributed by atoms with Crippen molar-refractivity contribution in [2.75, 3.05) is 18.6 Å². The Morgan fingerprint density at radius 1 is 0.912 bits per heavy atom. The minimum atomic E-state index is -0.0925. The number of rotatable bonds is 8. The number of methoxy groups -OCH3 is 1. The highest BCUT2D eigenvalue weighted by atomic mass is 32.1. The Kier molecular flexibility index (Phi) is 6.56. The van der Waals surface area contributed by atoms with Crippen molar-refractivity contribution in [1.82, 2.24) is 14.9 Å². The third-order valence-corrected chi connectivity index (χ3v) is 6.21. The van der Waals surface area contributed by atoms with Crippen molar-refractivity contribution in [3.05, 3.63) is 109 Å². The summed E-state index contributed by atoms with van der Waals surface area (Å²) in [5.74, 6) is 1.58. The lowest BCUT2D eigenvalue weighted by molar-refractivity contribution is 0.186. The van der Waals surface area contributed by atoms with Crippen LogP contribution in [0.4, 0.5) is 5.69 Å². The Balaban J connectivity index is 1.49. The number of aromatic nitrogens is 2. The molecule has 0 spiro atoms. The zero-order valence-corrected chi connectivity index (χ0v) is 19.7. The topological polar surface area (TPSA) is 51.5 Å². The zero-order valence-electron chi connectivity index (χ0n) is 18.9. The molecular weight excluding hydrogens is 444 g/mol. The van der Waals surface area contributed by atoms with Gasteiger partial charge in [-0.2, -0.15) is 0 Å². The Morgan fingerprint density at radius 3 is 2.41 bits per heavy atom. The van der Waals surface area contributed by atoms with Crippen LogP contribution in [0.3, 0.4) is 0 Å². The largest absolute Gasteiger partial charge is 0.457 e. The summed E-state index contributed by atoms with van der Waals surface area (Å²) in [6.45, 7) is 1.39. The first-order chi connectivity index (χ1) is 16.7. The summed E-state index contributed by atoms with van der Waals surface area (Å²) < 4.78 is 13.5. The van der Waals surface area contributed by atoms with Crippen LogP contribution in [0.1, 0.15) is 23.5 Å². The Labute approximate surface area is 204 Å². The van der Waals surface area contributed by atoms with E-state index >= 15 is 0 Å². The number of hydrogen-bond donors (Lipinski definition) is 1. The van der Waals surface area contributed by atoms with E-state index in [1.54, 1.807) is 7.11 Å². The highest BCUT2D eigenvalue weighted by molar-refractivity contribution is 7.80. The Morgan fingerprint density at radius 2 is 1.68 bits per heavy atom. The van der Waals surface area contributed by atoms with Gasteiger partial charge in [-0.15, -0.1) is 0 Å². The predicted molar refractivity (Wildman–Crippen MR) is 137 cm³/mol. The lowest BCUT2D eigenvalue weighted by Gasteiger charge is -2.29. The van der Waals surface area contributed by atoms with Crippen molar-refractivity contribution in [1.29, 1.82) is 0 Å². The molecule has 2 aromatic heterocycles. The molecule has 1 aliphatic heterocycles. The molecule has 4 aromatic rings. The van der Waals surface area contributed by atoms with E-state index in [9.17, 15) is 0 Å². The first kappa shape index (κ1) is 22.1. The molecule has 0 radical (unpaired) electrons. The zero-order chi connectivity index (χ0) is 23.3. The molecule has 5 rings (SSSR count). The summed E-state index contributed by atoms with van der Waals surface area (Å²) in [5.41, 5.74) is 3.08. The van der Waals surface area contributed by atoms with Crippen LogP contribution in [-0.2, 0) is 11.3 Å². The van der Waals surface area contributed by atoms with Crippen LogP contribution in [0.5, 0.6) is 11.5 Å². The minimum Gasteiger partial charge on any atom is -0.457 e. The number of para-hydroxylation sites is 1. The van der Waals surface area contributed by atoms with Gasteiger partial charge in [-0.05, 0) is 72.9 Å². The van der Waals surface area contributed by atoms with Gasteiger partial charge in [0.1, 0.15) is 17.5 Å². The molecule has 2 atom stereocenters. The van der Waals surface area contributed by atoms with Crippen molar-refractivity contribution >= 4 is 23.0 Å². The average Bonchev–Trinajstić information content (AvgIpc) is 3.48. The molecule has 1 aliphatic rings.